The summed E-state index contributed by atoms with van der Waals surface area (Å²) in [6, 6.07) is 0. The van der Waals surface area contributed by atoms with Crippen LogP contribution in [0.5, 0.6) is 0 Å². The van der Waals surface area contributed by atoms with Gasteiger partial charge in [0.15, 0.2) is 10.8 Å². The first-order chi connectivity index (χ1) is 4.15. The second-order valence-electron chi connectivity index (χ2n) is 2.24. The van der Waals surface area contributed by atoms with Crippen LogP contribution in [0.2, 0.25) is 0 Å². The fourth-order valence-electron chi connectivity index (χ4n) is 0.883. The molecule has 1 fully saturated rings. The van der Waals surface area contributed by atoms with Crippen LogP contribution < -0.4 is 0 Å². The van der Waals surface area contributed by atoms with Crippen molar-refractivity contribution in [3.05, 3.63) is 0 Å². The van der Waals surface area contributed by atoms with Gasteiger partial charge in [-0.2, -0.15) is 0 Å². The number of alkyl halides is 1. The van der Waals surface area contributed by atoms with Gasteiger partial charge >= 0.3 is 0 Å². The van der Waals surface area contributed by atoms with Crippen molar-refractivity contribution in [3.8, 4) is 0 Å². The van der Waals surface area contributed by atoms with Crippen LogP contribution >= 0.6 is 11.6 Å². The van der Waals surface area contributed by atoms with E-state index in [1.165, 1.54) is 6.92 Å². The Morgan fingerprint density at radius 1 is 1.78 bits per heavy atom. The number of ether oxygens (including phenoxy) is 1. The number of halogens is 1. The van der Waals surface area contributed by atoms with E-state index in [1.807, 2.05) is 0 Å². The third-order valence-electron chi connectivity index (χ3n) is 1.50. The molecule has 1 rings (SSSR count). The Kier molecular flexibility index (Phi) is 1.78. The number of carbonyl (C=O) groups excluding carboxylic acids is 1. The van der Waals surface area contributed by atoms with Gasteiger partial charge < -0.3 is 4.74 Å². The predicted molar refractivity (Wildman–Crippen MR) is 34.5 cm³/mol. The lowest BCUT2D eigenvalue weighted by Gasteiger charge is -2.14. The molecule has 52 valence electrons. The van der Waals surface area contributed by atoms with E-state index in [0.29, 0.717) is 13.0 Å². The van der Waals surface area contributed by atoms with E-state index in [-0.39, 0.29) is 5.78 Å². The average molecular weight is 149 g/mol. The molecule has 3 heteroatoms. The van der Waals surface area contributed by atoms with Crippen LogP contribution in [0.4, 0.5) is 0 Å². The van der Waals surface area contributed by atoms with Gasteiger partial charge in [0.1, 0.15) is 0 Å². The lowest BCUT2D eigenvalue weighted by atomic mass is 10.2. The molecule has 0 bridgehead atoms. The summed E-state index contributed by atoms with van der Waals surface area (Å²) in [4.78, 5) is 10.7. The summed E-state index contributed by atoms with van der Waals surface area (Å²) in [7, 11) is 0. The summed E-state index contributed by atoms with van der Waals surface area (Å²) in [5, 5.41) is -0.972. The summed E-state index contributed by atoms with van der Waals surface area (Å²) in [5.41, 5.74) is 0. The summed E-state index contributed by atoms with van der Waals surface area (Å²) < 4.78 is 5.02. The summed E-state index contributed by atoms with van der Waals surface area (Å²) in [6.45, 7) is 2.07. The molecule has 0 aromatic heterocycles. The van der Waals surface area contributed by atoms with Crippen LogP contribution in [0.25, 0.3) is 0 Å². The van der Waals surface area contributed by atoms with Crippen molar-refractivity contribution in [3.63, 3.8) is 0 Å². The molecular weight excluding hydrogens is 140 g/mol. The smallest absolute Gasteiger partial charge is 0.199 e. The molecule has 1 aliphatic heterocycles. The number of rotatable bonds is 1. The monoisotopic (exact) mass is 148 g/mol. The van der Waals surface area contributed by atoms with Gasteiger partial charge in [-0.15, -0.1) is 0 Å². The van der Waals surface area contributed by atoms with E-state index >= 15 is 0 Å². The van der Waals surface area contributed by atoms with E-state index in [1.54, 1.807) is 0 Å². The van der Waals surface area contributed by atoms with Crippen molar-refractivity contribution < 1.29 is 9.53 Å². The number of hydrogen-bond acceptors (Lipinski definition) is 2. The quantitative estimate of drug-likeness (QED) is 0.525. The van der Waals surface area contributed by atoms with Crippen LogP contribution in [0.1, 0.15) is 19.8 Å². The van der Waals surface area contributed by atoms with Crippen LogP contribution in [0.15, 0.2) is 0 Å². The minimum absolute atomic E-state index is 0.0818. The highest BCUT2D eigenvalue weighted by molar-refractivity contribution is 6.33. The van der Waals surface area contributed by atoms with Crippen molar-refractivity contribution in [1.82, 2.24) is 0 Å². The second kappa shape index (κ2) is 2.27. The highest BCUT2D eigenvalue weighted by atomic mass is 35.5. The maximum Gasteiger partial charge on any atom is 0.199 e. The SMILES string of the molecule is CC(=O)C1(Cl)CCCO1. The van der Waals surface area contributed by atoms with Gasteiger partial charge in [0.25, 0.3) is 0 Å². The maximum atomic E-state index is 10.7. The van der Waals surface area contributed by atoms with Gasteiger partial charge in [0.2, 0.25) is 0 Å². The molecule has 1 saturated heterocycles. The Balaban J connectivity index is 2.61. The van der Waals surface area contributed by atoms with Gasteiger partial charge in [-0.1, -0.05) is 11.6 Å². The van der Waals surface area contributed by atoms with Crippen molar-refractivity contribution >= 4 is 17.4 Å². The number of ketones is 1. The first-order valence-electron chi connectivity index (χ1n) is 2.99. The molecule has 0 N–H and O–H groups in total. The highest BCUT2D eigenvalue weighted by Crippen LogP contribution is 2.30. The Morgan fingerprint density at radius 2 is 2.44 bits per heavy atom. The molecule has 0 amide bonds. The third kappa shape index (κ3) is 1.25. The zero-order valence-electron chi connectivity index (χ0n) is 5.32. The molecule has 0 spiro atoms. The van der Waals surface area contributed by atoms with Crippen molar-refractivity contribution in [2.45, 2.75) is 24.8 Å². The highest BCUT2D eigenvalue weighted by Gasteiger charge is 2.37. The molecule has 0 aliphatic carbocycles. The fourth-order valence-corrected chi connectivity index (χ4v) is 1.09. The molecule has 1 heterocycles. The van der Waals surface area contributed by atoms with E-state index < -0.39 is 5.06 Å². The lowest BCUT2D eigenvalue weighted by molar-refractivity contribution is -0.128. The predicted octanol–water partition coefficient (Wildman–Crippen LogP) is 1.32. The van der Waals surface area contributed by atoms with E-state index in [4.69, 9.17) is 16.3 Å². The normalized spacial score (nSPS) is 34.9. The third-order valence-corrected chi connectivity index (χ3v) is 2.06. The molecule has 0 aromatic rings. The molecule has 1 aliphatic rings. The number of carbonyl (C=O) groups is 1. The molecule has 0 radical (unpaired) electrons. The van der Waals surface area contributed by atoms with Crippen molar-refractivity contribution in [1.29, 1.82) is 0 Å². The molecular formula is C6H9ClO2. The van der Waals surface area contributed by atoms with E-state index in [2.05, 4.69) is 0 Å². The summed E-state index contributed by atoms with van der Waals surface area (Å²) in [6.07, 6.45) is 1.55. The topological polar surface area (TPSA) is 26.3 Å². The minimum atomic E-state index is -0.972. The summed E-state index contributed by atoms with van der Waals surface area (Å²) in [5.74, 6) is -0.0818. The Bertz CT molecular complexity index is 127. The first-order valence-corrected chi connectivity index (χ1v) is 3.37. The van der Waals surface area contributed by atoms with Gasteiger partial charge in [-0.3, -0.25) is 4.79 Å². The van der Waals surface area contributed by atoms with Gasteiger partial charge in [0.05, 0.1) is 0 Å². The lowest BCUT2D eigenvalue weighted by Crippen LogP contribution is -2.28. The fraction of sp³-hybridized carbons (Fsp3) is 0.833. The van der Waals surface area contributed by atoms with Crippen LogP contribution in [-0.2, 0) is 9.53 Å². The van der Waals surface area contributed by atoms with Gasteiger partial charge in [-0.05, 0) is 13.3 Å². The Morgan fingerprint density at radius 3 is 2.67 bits per heavy atom. The van der Waals surface area contributed by atoms with Gasteiger partial charge in [-0.25, -0.2) is 0 Å². The zero-order chi connectivity index (χ0) is 6.91. The minimum Gasteiger partial charge on any atom is -0.353 e. The standard InChI is InChI=1S/C6H9ClO2/c1-5(8)6(7)3-2-4-9-6/h2-4H2,1H3. The molecule has 2 nitrogen and oxygen atoms in total. The average Bonchev–Trinajstić information content (AvgIpc) is 2.16. The van der Waals surface area contributed by atoms with Gasteiger partial charge in [0, 0.05) is 13.0 Å². The largest absolute Gasteiger partial charge is 0.353 e. The van der Waals surface area contributed by atoms with E-state index in [9.17, 15) is 4.79 Å². The zero-order valence-corrected chi connectivity index (χ0v) is 6.07. The van der Waals surface area contributed by atoms with Crippen molar-refractivity contribution in [2.24, 2.45) is 0 Å². The molecule has 9 heavy (non-hydrogen) atoms. The molecule has 0 saturated carbocycles. The first kappa shape index (κ1) is 7.03. The number of Topliss-reactive ketones (excluding diaryl/α,β-unsaturated/α-hetero) is 1. The van der Waals surface area contributed by atoms with E-state index in [0.717, 1.165) is 6.42 Å². The summed E-state index contributed by atoms with van der Waals surface area (Å²) >= 11 is 5.73. The van der Waals surface area contributed by atoms with Crippen LogP contribution in [0, 0.1) is 0 Å². The molecule has 1 unspecified atom stereocenters. The Hall–Kier alpha value is -0.0800. The Labute approximate surface area is 59.1 Å². The van der Waals surface area contributed by atoms with Crippen LogP contribution in [-0.4, -0.2) is 17.5 Å². The molecule has 0 aromatic carbocycles. The van der Waals surface area contributed by atoms with Crippen molar-refractivity contribution in [2.75, 3.05) is 6.61 Å². The van der Waals surface area contributed by atoms with Crippen LogP contribution in [0.3, 0.4) is 0 Å². The molecule has 1 atom stereocenters. The second-order valence-corrected chi connectivity index (χ2v) is 2.85. The maximum absolute atomic E-state index is 10.7. The number of hydrogen-bond donors (Lipinski definition) is 0.